The number of amides is 1. The molecule has 9 heteroatoms. The summed E-state index contributed by atoms with van der Waals surface area (Å²) in [5, 5.41) is 3.95. The first-order valence-electron chi connectivity index (χ1n) is 15.3. The van der Waals surface area contributed by atoms with Crippen LogP contribution in [0.5, 0.6) is 11.5 Å². The number of carbonyl (C=O) groups excluding carboxylic acids is 1. The van der Waals surface area contributed by atoms with Gasteiger partial charge in [-0.2, -0.15) is 23.5 Å². The van der Waals surface area contributed by atoms with Crippen LogP contribution >= 0.6 is 35.1 Å². The van der Waals surface area contributed by atoms with Crippen LogP contribution in [0.2, 0.25) is 5.02 Å². The number of carbonyl (C=O) groups is 1. The van der Waals surface area contributed by atoms with Crippen LogP contribution in [0.15, 0.2) is 72.8 Å². The molecule has 1 fully saturated rings. The van der Waals surface area contributed by atoms with Crippen LogP contribution in [-0.4, -0.2) is 87.7 Å². The zero-order chi connectivity index (χ0) is 31.1. The quantitative estimate of drug-likeness (QED) is 0.163. The Balaban J connectivity index is 1.30. The van der Waals surface area contributed by atoms with Crippen molar-refractivity contribution < 1.29 is 14.3 Å². The summed E-state index contributed by atoms with van der Waals surface area (Å²) in [4.78, 5) is 17.9. The number of methoxy groups -OCH3 is 2. The Morgan fingerprint density at radius 2 is 1.50 bits per heavy atom. The summed E-state index contributed by atoms with van der Waals surface area (Å²) in [7, 11) is 5.58. The number of piperidine rings is 1. The number of hydrogen-bond donors (Lipinski definition) is 1. The third-order valence-electron chi connectivity index (χ3n) is 8.07. The number of ether oxygens (including phenoxy) is 2. The summed E-state index contributed by atoms with van der Waals surface area (Å²) in [6, 6.07) is 24.8. The van der Waals surface area contributed by atoms with Gasteiger partial charge in [0.25, 0.3) is 0 Å². The SMILES string of the molecule is COc1ccc(CSCCNC(=O)CN(CCSCc2ccc(OC)cc2)CC2CN(C)CCC2c2ccc(Cl)cc2)cc1. The molecular formula is C35H46ClN3O3S2. The Hall–Kier alpha value is -2.36. The lowest BCUT2D eigenvalue weighted by molar-refractivity contribution is -0.122. The highest BCUT2D eigenvalue weighted by molar-refractivity contribution is 7.98. The van der Waals surface area contributed by atoms with E-state index in [-0.39, 0.29) is 5.91 Å². The molecule has 1 aliphatic heterocycles. The summed E-state index contributed by atoms with van der Waals surface area (Å²) in [5.74, 6) is 6.43. The van der Waals surface area contributed by atoms with Crippen molar-refractivity contribution in [2.24, 2.45) is 5.92 Å². The van der Waals surface area contributed by atoms with Gasteiger partial charge in [-0.05, 0) is 84.9 Å². The molecule has 1 aliphatic rings. The topological polar surface area (TPSA) is 54.0 Å². The number of nitrogens with zero attached hydrogens (tertiary/aromatic N) is 2. The lowest BCUT2D eigenvalue weighted by Gasteiger charge is -2.39. The van der Waals surface area contributed by atoms with Gasteiger partial charge in [0, 0.05) is 54.2 Å². The van der Waals surface area contributed by atoms with Crippen LogP contribution in [0.1, 0.15) is 29.0 Å². The molecule has 44 heavy (non-hydrogen) atoms. The molecule has 3 aromatic rings. The number of benzene rings is 3. The second-order valence-corrected chi connectivity index (χ2v) is 14.0. The average Bonchev–Trinajstić information content (AvgIpc) is 3.04. The van der Waals surface area contributed by atoms with Crippen molar-refractivity contribution in [3.63, 3.8) is 0 Å². The maximum atomic E-state index is 13.1. The molecular weight excluding hydrogens is 610 g/mol. The summed E-state index contributed by atoms with van der Waals surface area (Å²) >= 11 is 9.95. The van der Waals surface area contributed by atoms with E-state index in [0.717, 1.165) is 72.1 Å². The molecule has 1 heterocycles. The van der Waals surface area contributed by atoms with Crippen LogP contribution in [0, 0.1) is 5.92 Å². The van der Waals surface area contributed by atoms with E-state index in [2.05, 4.69) is 58.6 Å². The van der Waals surface area contributed by atoms with Crippen LogP contribution in [0.25, 0.3) is 0 Å². The first kappa shape index (κ1) is 34.5. The maximum Gasteiger partial charge on any atom is 0.234 e. The normalized spacial score (nSPS) is 17.0. The Bertz CT molecular complexity index is 1260. The maximum absolute atomic E-state index is 13.1. The highest BCUT2D eigenvalue weighted by Crippen LogP contribution is 2.34. The average molecular weight is 656 g/mol. The van der Waals surface area contributed by atoms with Crippen molar-refractivity contribution in [1.82, 2.24) is 15.1 Å². The van der Waals surface area contributed by atoms with E-state index in [4.69, 9.17) is 21.1 Å². The highest BCUT2D eigenvalue weighted by atomic mass is 35.5. The summed E-state index contributed by atoms with van der Waals surface area (Å²) in [6.07, 6.45) is 1.11. The molecule has 6 nitrogen and oxygen atoms in total. The molecule has 2 unspecified atom stereocenters. The number of hydrogen-bond acceptors (Lipinski definition) is 7. The molecule has 1 amide bonds. The van der Waals surface area contributed by atoms with Crippen molar-refractivity contribution in [1.29, 1.82) is 0 Å². The van der Waals surface area contributed by atoms with Crippen LogP contribution in [0.4, 0.5) is 0 Å². The fourth-order valence-corrected chi connectivity index (χ4v) is 7.56. The molecule has 0 spiro atoms. The minimum atomic E-state index is 0.0995. The van der Waals surface area contributed by atoms with Gasteiger partial charge in [-0.3, -0.25) is 9.69 Å². The predicted octanol–water partition coefficient (Wildman–Crippen LogP) is 6.68. The van der Waals surface area contributed by atoms with Crippen LogP contribution in [-0.2, 0) is 16.3 Å². The van der Waals surface area contributed by atoms with Gasteiger partial charge in [0.1, 0.15) is 11.5 Å². The molecule has 0 aromatic heterocycles. The van der Waals surface area contributed by atoms with E-state index < -0.39 is 0 Å². The summed E-state index contributed by atoms with van der Waals surface area (Å²) in [6.45, 7) is 4.94. The Kier molecular flexibility index (Phi) is 14.6. The van der Waals surface area contributed by atoms with E-state index in [1.807, 2.05) is 59.9 Å². The first-order valence-corrected chi connectivity index (χ1v) is 18.0. The summed E-state index contributed by atoms with van der Waals surface area (Å²) < 4.78 is 10.5. The Morgan fingerprint density at radius 1 is 0.909 bits per heavy atom. The fourth-order valence-electron chi connectivity index (χ4n) is 5.65. The minimum Gasteiger partial charge on any atom is -0.497 e. The van der Waals surface area contributed by atoms with Gasteiger partial charge in [0.05, 0.1) is 20.8 Å². The van der Waals surface area contributed by atoms with E-state index in [9.17, 15) is 4.79 Å². The third-order valence-corrected chi connectivity index (χ3v) is 10.4. The van der Waals surface area contributed by atoms with Crippen molar-refractivity contribution in [3.8, 4) is 11.5 Å². The highest BCUT2D eigenvalue weighted by Gasteiger charge is 2.31. The number of halogens is 1. The van der Waals surface area contributed by atoms with Crippen LogP contribution in [0.3, 0.4) is 0 Å². The van der Waals surface area contributed by atoms with Gasteiger partial charge in [0.15, 0.2) is 0 Å². The predicted molar refractivity (Wildman–Crippen MR) is 188 cm³/mol. The van der Waals surface area contributed by atoms with Crippen molar-refractivity contribution >= 4 is 41.0 Å². The van der Waals surface area contributed by atoms with E-state index in [1.165, 1.54) is 16.7 Å². The van der Waals surface area contributed by atoms with E-state index in [0.29, 0.717) is 24.9 Å². The number of rotatable bonds is 17. The molecule has 0 radical (unpaired) electrons. The van der Waals surface area contributed by atoms with Gasteiger partial charge >= 0.3 is 0 Å². The van der Waals surface area contributed by atoms with Gasteiger partial charge in [-0.15, -0.1) is 0 Å². The molecule has 3 aromatic carbocycles. The lowest BCUT2D eigenvalue weighted by atomic mass is 9.80. The molecule has 1 N–H and O–H groups in total. The third kappa shape index (κ3) is 11.5. The van der Waals surface area contributed by atoms with E-state index in [1.54, 1.807) is 14.2 Å². The molecule has 0 saturated carbocycles. The minimum absolute atomic E-state index is 0.0995. The monoisotopic (exact) mass is 655 g/mol. The van der Waals surface area contributed by atoms with Gasteiger partial charge in [-0.25, -0.2) is 0 Å². The van der Waals surface area contributed by atoms with Crippen LogP contribution < -0.4 is 14.8 Å². The number of thioether (sulfide) groups is 2. The fraction of sp³-hybridized carbons (Fsp3) is 0.457. The van der Waals surface area contributed by atoms with Gasteiger partial charge in [-0.1, -0.05) is 48.0 Å². The lowest BCUT2D eigenvalue weighted by Crippen LogP contribution is -2.46. The largest absolute Gasteiger partial charge is 0.497 e. The second-order valence-electron chi connectivity index (χ2n) is 11.4. The zero-order valence-corrected chi connectivity index (χ0v) is 28.6. The van der Waals surface area contributed by atoms with Crippen molar-refractivity contribution in [2.75, 3.05) is 72.0 Å². The molecule has 0 bridgehead atoms. The second kappa shape index (κ2) is 18.6. The van der Waals surface area contributed by atoms with E-state index >= 15 is 0 Å². The zero-order valence-electron chi connectivity index (χ0n) is 26.2. The number of nitrogens with one attached hydrogen (secondary N) is 1. The molecule has 1 saturated heterocycles. The molecule has 0 aliphatic carbocycles. The molecule has 238 valence electrons. The Labute approximate surface area is 277 Å². The first-order chi connectivity index (χ1) is 21.4. The standard InChI is InChI=1S/C35H46ClN3O3S2/c1-38-18-16-34(29-8-10-31(36)11-9-29)30(22-38)23-39(19-21-44-26-28-6-14-33(42-3)15-7-28)24-35(40)37-17-20-43-25-27-4-12-32(41-2)13-5-27/h4-15,30,34H,16-26H2,1-3H3,(H,37,40). The van der Waals surface area contributed by atoms with Crippen molar-refractivity contribution in [2.45, 2.75) is 23.8 Å². The smallest absolute Gasteiger partial charge is 0.234 e. The van der Waals surface area contributed by atoms with Gasteiger partial charge < -0.3 is 19.7 Å². The Morgan fingerprint density at radius 3 is 2.09 bits per heavy atom. The van der Waals surface area contributed by atoms with Gasteiger partial charge in [0.2, 0.25) is 5.91 Å². The number of likely N-dealkylation sites (tertiary alicyclic amines) is 1. The van der Waals surface area contributed by atoms with Crippen molar-refractivity contribution in [3.05, 3.63) is 94.5 Å². The molecule has 4 rings (SSSR count). The summed E-state index contributed by atoms with van der Waals surface area (Å²) in [5.41, 5.74) is 3.89. The molecule has 2 atom stereocenters.